The second kappa shape index (κ2) is 8.76. The molecule has 0 fully saturated rings. The minimum atomic E-state index is -0.183. The maximum Gasteiger partial charge on any atom is 0.258 e. The number of nitrogens with zero attached hydrogens (tertiary/aromatic N) is 2. The van der Waals surface area contributed by atoms with Crippen LogP contribution in [0.1, 0.15) is 12.5 Å². The molecule has 1 amide bonds. The smallest absolute Gasteiger partial charge is 0.258 e. The van der Waals surface area contributed by atoms with Crippen molar-refractivity contribution in [3.63, 3.8) is 0 Å². The van der Waals surface area contributed by atoms with Crippen molar-refractivity contribution in [3.8, 4) is 11.5 Å². The molecule has 1 aromatic carbocycles. The van der Waals surface area contributed by atoms with Crippen molar-refractivity contribution in [1.82, 2.24) is 10.3 Å². The van der Waals surface area contributed by atoms with Gasteiger partial charge in [-0.15, -0.1) is 0 Å². The number of carbonyl (C=O) groups excluding carboxylic acids is 1. The van der Waals surface area contributed by atoms with Crippen molar-refractivity contribution in [2.45, 2.75) is 13.5 Å². The van der Waals surface area contributed by atoms with Crippen LogP contribution in [0, 0.1) is 0 Å². The molecule has 24 heavy (non-hydrogen) atoms. The lowest BCUT2D eigenvalue weighted by Crippen LogP contribution is -2.29. The van der Waals surface area contributed by atoms with Crippen molar-refractivity contribution in [2.75, 3.05) is 32.2 Å². The molecule has 0 bridgehead atoms. The summed E-state index contributed by atoms with van der Waals surface area (Å²) in [5, 5.41) is 2.84. The van der Waals surface area contributed by atoms with Gasteiger partial charge in [-0.1, -0.05) is 6.07 Å². The van der Waals surface area contributed by atoms with Gasteiger partial charge in [0.15, 0.2) is 6.61 Å². The molecule has 6 heteroatoms. The van der Waals surface area contributed by atoms with E-state index in [-0.39, 0.29) is 12.5 Å². The zero-order valence-electron chi connectivity index (χ0n) is 14.3. The number of ether oxygens (including phenoxy) is 2. The number of pyridine rings is 1. The Balaban J connectivity index is 1.81. The van der Waals surface area contributed by atoms with Gasteiger partial charge in [-0.3, -0.25) is 4.79 Å². The first-order valence-electron chi connectivity index (χ1n) is 7.83. The molecule has 1 heterocycles. The number of aromatic nitrogens is 1. The van der Waals surface area contributed by atoms with Crippen LogP contribution in [-0.2, 0) is 11.3 Å². The third kappa shape index (κ3) is 5.15. The van der Waals surface area contributed by atoms with E-state index in [1.54, 1.807) is 18.3 Å². The molecule has 0 spiro atoms. The molecule has 0 radical (unpaired) electrons. The van der Waals surface area contributed by atoms with Crippen molar-refractivity contribution >= 4 is 11.7 Å². The number of carbonyl (C=O) groups is 1. The molecule has 0 saturated carbocycles. The standard InChI is InChI=1S/C18H23N3O3/c1-4-23-15-7-9-16(10-8-15)24-13-17(22)20-12-14-6-5-11-19-18(14)21(2)3/h5-11H,4,12-13H2,1-3H3,(H,20,22). The van der Waals surface area contributed by atoms with Gasteiger partial charge in [0.25, 0.3) is 5.91 Å². The summed E-state index contributed by atoms with van der Waals surface area (Å²) >= 11 is 0. The predicted molar refractivity (Wildman–Crippen MR) is 93.5 cm³/mol. The SMILES string of the molecule is CCOc1ccc(OCC(=O)NCc2cccnc2N(C)C)cc1. The zero-order valence-corrected chi connectivity index (χ0v) is 14.3. The molecule has 1 N–H and O–H groups in total. The van der Waals surface area contributed by atoms with Crippen LogP contribution >= 0.6 is 0 Å². The first kappa shape index (κ1) is 17.6. The number of nitrogens with one attached hydrogen (secondary N) is 1. The highest BCUT2D eigenvalue weighted by molar-refractivity contribution is 5.77. The molecular weight excluding hydrogens is 306 g/mol. The van der Waals surface area contributed by atoms with E-state index in [1.165, 1.54) is 0 Å². The Morgan fingerprint density at radius 2 is 1.79 bits per heavy atom. The minimum absolute atomic E-state index is 0.0362. The molecule has 1 aromatic heterocycles. The topological polar surface area (TPSA) is 63.7 Å². The summed E-state index contributed by atoms with van der Waals surface area (Å²) in [6, 6.07) is 11.0. The number of hydrogen-bond acceptors (Lipinski definition) is 5. The van der Waals surface area contributed by atoms with E-state index in [4.69, 9.17) is 9.47 Å². The molecule has 0 atom stereocenters. The zero-order chi connectivity index (χ0) is 17.4. The van der Waals surface area contributed by atoms with E-state index in [0.717, 1.165) is 17.1 Å². The first-order valence-corrected chi connectivity index (χ1v) is 7.83. The van der Waals surface area contributed by atoms with Gasteiger partial charge in [0, 0.05) is 32.4 Å². The third-order valence-electron chi connectivity index (χ3n) is 3.27. The largest absolute Gasteiger partial charge is 0.494 e. The van der Waals surface area contributed by atoms with Crippen molar-refractivity contribution in [3.05, 3.63) is 48.2 Å². The third-order valence-corrected chi connectivity index (χ3v) is 3.27. The molecule has 128 valence electrons. The number of rotatable bonds is 8. The van der Waals surface area contributed by atoms with Crippen LogP contribution in [0.5, 0.6) is 11.5 Å². The summed E-state index contributed by atoms with van der Waals surface area (Å²) in [6.07, 6.45) is 1.73. The summed E-state index contributed by atoms with van der Waals surface area (Å²) < 4.78 is 10.8. The molecule has 0 aliphatic heterocycles. The lowest BCUT2D eigenvalue weighted by molar-refractivity contribution is -0.123. The van der Waals surface area contributed by atoms with Gasteiger partial charge in [-0.25, -0.2) is 4.98 Å². The Hall–Kier alpha value is -2.76. The highest BCUT2D eigenvalue weighted by Gasteiger charge is 2.08. The maximum atomic E-state index is 11.9. The van der Waals surface area contributed by atoms with E-state index < -0.39 is 0 Å². The van der Waals surface area contributed by atoms with Gasteiger partial charge in [-0.2, -0.15) is 0 Å². The van der Waals surface area contributed by atoms with Gasteiger partial charge < -0.3 is 19.7 Å². The van der Waals surface area contributed by atoms with Crippen LogP contribution in [0.3, 0.4) is 0 Å². The Morgan fingerprint density at radius 1 is 1.12 bits per heavy atom. The summed E-state index contributed by atoms with van der Waals surface area (Å²) in [5.41, 5.74) is 0.955. The normalized spacial score (nSPS) is 10.1. The summed E-state index contributed by atoms with van der Waals surface area (Å²) in [7, 11) is 3.84. The van der Waals surface area contributed by atoms with Crippen LogP contribution in [0.15, 0.2) is 42.6 Å². The molecule has 2 aromatic rings. The van der Waals surface area contributed by atoms with Gasteiger partial charge in [0.2, 0.25) is 0 Å². The maximum absolute atomic E-state index is 11.9. The van der Waals surface area contributed by atoms with E-state index in [0.29, 0.717) is 18.9 Å². The monoisotopic (exact) mass is 329 g/mol. The molecule has 0 aliphatic rings. The summed E-state index contributed by atoms with van der Waals surface area (Å²) in [6.45, 7) is 2.92. The average Bonchev–Trinajstić information content (AvgIpc) is 2.59. The van der Waals surface area contributed by atoms with Crippen molar-refractivity contribution < 1.29 is 14.3 Å². The Labute approximate surface area is 142 Å². The molecule has 6 nitrogen and oxygen atoms in total. The van der Waals surface area contributed by atoms with E-state index in [2.05, 4.69) is 10.3 Å². The second-order valence-electron chi connectivity index (χ2n) is 5.35. The Kier molecular flexibility index (Phi) is 6.42. The summed E-state index contributed by atoms with van der Waals surface area (Å²) in [5.74, 6) is 2.06. The Morgan fingerprint density at radius 3 is 2.42 bits per heavy atom. The quantitative estimate of drug-likeness (QED) is 0.805. The molecular formula is C18H23N3O3. The van der Waals surface area contributed by atoms with Gasteiger partial charge in [-0.05, 0) is 37.3 Å². The lowest BCUT2D eigenvalue weighted by Gasteiger charge is -2.16. The fourth-order valence-electron chi connectivity index (χ4n) is 2.16. The van der Waals surface area contributed by atoms with Crippen LogP contribution in [0.25, 0.3) is 0 Å². The highest BCUT2D eigenvalue weighted by Crippen LogP contribution is 2.17. The first-order chi connectivity index (χ1) is 11.6. The number of anilines is 1. The van der Waals surface area contributed by atoms with Crippen LogP contribution in [0.4, 0.5) is 5.82 Å². The summed E-state index contributed by atoms with van der Waals surface area (Å²) in [4.78, 5) is 18.2. The van der Waals surface area contributed by atoms with Crippen molar-refractivity contribution in [1.29, 1.82) is 0 Å². The fourth-order valence-corrected chi connectivity index (χ4v) is 2.16. The molecule has 2 rings (SSSR count). The van der Waals surface area contributed by atoms with Gasteiger partial charge in [0.05, 0.1) is 6.61 Å². The fraction of sp³-hybridized carbons (Fsp3) is 0.333. The number of hydrogen-bond donors (Lipinski definition) is 1. The van der Waals surface area contributed by atoms with Crippen LogP contribution in [-0.4, -0.2) is 38.2 Å². The van der Waals surface area contributed by atoms with E-state index in [9.17, 15) is 4.79 Å². The Bertz CT molecular complexity index is 657. The van der Waals surface area contributed by atoms with Gasteiger partial charge >= 0.3 is 0 Å². The van der Waals surface area contributed by atoms with E-state index >= 15 is 0 Å². The minimum Gasteiger partial charge on any atom is -0.494 e. The second-order valence-corrected chi connectivity index (χ2v) is 5.35. The van der Waals surface area contributed by atoms with Crippen LogP contribution < -0.4 is 19.7 Å². The lowest BCUT2D eigenvalue weighted by atomic mass is 10.2. The number of amides is 1. The number of benzene rings is 1. The van der Waals surface area contributed by atoms with E-state index in [1.807, 2.05) is 50.2 Å². The predicted octanol–water partition coefficient (Wildman–Crippen LogP) is 2.24. The van der Waals surface area contributed by atoms with Gasteiger partial charge in [0.1, 0.15) is 17.3 Å². The average molecular weight is 329 g/mol. The molecule has 0 aliphatic carbocycles. The van der Waals surface area contributed by atoms with Crippen molar-refractivity contribution in [2.24, 2.45) is 0 Å². The highest BCUT2D eigenvalue weighted by atomic mass is 16.5. The molecule has 0 unspecified atom stereocenters. The van der Waals surface area contributed by atoms with Crippen LogP contribution in [0.2, 0.25) is 0 Å². The molecule has 0 saturated heterocycles.